The summed E-state index contributed by atoms with van der Waals surface area (Å²) >= 11 is 0. The third kappa shape index (κ3) is 3.59. The van der Waals surface area contributed by atoms with E-state index in [9.17, 15) is 0 Å². The zero-order valence-electron chi connectivity index (χ0n) is 17.7. The maximum Gasteiger partial charge on any atom is 0.222 e. The Morgan fingerprint density at radius 1 is 1.26 bits per heavy atom. The molecule has 1 saturated heterocycles. The molecule has 1 aliphatic heterocycles. The number of nitrogens with one attached hydrogen (secondary N) is 1. The fraction of sp³-hybridized carbons (Fsp3) is 0.381. The monoisotopic (exact) mass is 420 g/mol. The van der Waals surface area contributed by atoms with Crippen molar-refractivity contribution >= 4 is 16.7 Å². The fourth-order valence-electron chi connectivity index (χ4n) is 3.66. The number of hydrogen-bond donors (Lipinski definition) is 1. The summed E-state index contributed by atoms with van der Waals surface area (Å²) in [5.41, 5.74) is 5.17. The van der Waals surface area contributed by atoms with E-state index in [2.05, 4.69) is 20.4 Å². The van der Waals surface area contributed by atoms with Gasteiger partial charge in [-0.3, -0.25) is 9.36 Å². The van der Waals surface area contributed by atoms with Crippen molar-refractivity contribution in [3.8, 4) is 17.1 Å². The summed E-state index contributed by atoms with van der Waals surface area (Å²) in [5, 5.41) is 12.6. The van der Waals surface area contributed by atoms with E-state index >= 15 is 0 Å². The van der Waals surface area contributed by atoms with Crippen LogP contribution in [0.1, 0.15) is 24.5 Å². The largest absolute Gasteiger partial charge is 0.477 e. The van der Waals surface area contributed by atoms with Gasteiger partial charge < -0.3 is 14.8 Å². The molecule has 0 saturated carbocycles. The first kappa shape index (κ1) is 19.4. The lowest BCUT2D eigenvalue weighted by Gasteiger charge is -2.27. The molecule has 5 heterocycles. The van der Waals surface area contributed by atoms with Gasteiger partial charge in [0, 0.05) is 13.2 Å². The summed E-state index contributed by atoms with van der Waals surface area (Å²) in [6, 6.07) is 6.07. The van der Waals surface area contributed by atoms with Crippen LogP contribution in [0.15, 0.2) is 30.7 Å². The van der Waals surface area contributed by atoms with Gasteiger partial charge in [0.15, 0.2) is 5.82 Å². The summed E-state index contributed by atoms with van der Waals surface area (Å²) in [5.74, 6) is 1.27. The molecule has 10 nitrogen and oxygen atoms in total. The first-order valence-corrected chi connectivity index (χ1v) is 10.3. The van der Waals surface area contributed by atoms with E-state index in [1.54, 1.807) is 17.2 Å². The Kier molecular flexibility index (Phi) is 4.99. The van der Waals surface area contributed by atoms with Crippen molar-refractivity contribution in [3.05, 3.63) is 42.2 Å². The lowest BCUT2D eigenvalue weighted by molar-refractivity contribution is -0.0267. The number of pyridine rings is 2. The van der Waals surface area contributed by atoms with Gasteiger partial charge in [-0.15, -0.1) is 0 Å². The average Bonchev–Trinajstić information content (AvgIpc) is 3.29. The predicted molar refractivity (Wildman–Crippen MR) is 115 cm³/mol. The predicted octanol–water partition coefficient (Wildman–Crippen LogP) is 2.51. The lowest BCUT2D eigenvalue weighted by atomic mass is 10.1. The van der Waals surface area contributed by atoms with Gasteiger partial charge in [0.1, 0.15) is 17.4 Å². The minimum absolute atomic E-state index is 0.203. The van der Waals surface area contributed by atoms with Crippen LogP contribution >= 0.6 is 0 Å². The van der Waals surface area contributed by atoms with E-state index in [4.69, 9.17) is 19.6 Å². The van der Waals surface area contributed by atoms with Crippen molar-refractivity contribution in [1.29, 1.82) is 0 Å². The summed E-state index contributed by atoms with van der Waals surface area (Å²) in [6.45, 7) is 6.23. The van der Waals surface area contributed by atoms with Gasteiger partial charge in [-0.05, 0) is 32.0 Å². The zero-order valence-corrected chi connectivity index (χ0v) is 17.7. The Labute approximate surface area is 179 Å². The Morgan fingerprint density at radius 3 is 2.84 bits per heavy atom. The number of rotatable bonds is 7. The van der Waals surface area contributed by atoms with Crippen molar-refractivity contribution in [2.24, 2.45) is 7.05 Å². The minimum Gasteiger partial charge on any atom is -0.477 e. The van der Waals surface area contributed by atoms with Gasteiger partial charge >= 0.3 is 0 Å². The molecule has 4 aromatic rings. The molecule has 0 atom stereocenters. The maximum absolute atomic E-state index is 5.74. The Bertz CT molecular complexity index is 1230. The molecule has 0 spiro atoms. The standard InChI is InChI=1S/C21H24N8O2/c1-4-31-21-15(6-5-7-22-21)16-8-17(23-9-18-24-12-28(3)27-18)20-19(25-16)13(2)26-29(20)14-10-30-11-14/h5-8,12,14H,4,9-11H2,1-3H3,(H,23,25). The van der Waals surface area contributed by atoms with Crippen LogP contribution in [-0.4, -0.2) is 54.3 Å². The van der Waals surface area contributed by atoms with Crippen LogP contribution in [0.2, 0.25) is 0 Å². The summed E-state index contributed by atoms with van der Waals surface area (Å²) < 4.78 is 14.9. The van der Waals surface area contributed by atoms with Crippen molar-refractivity contribution in [2.45, 2.75) is 26.4 Å². The van der Waals surface area contributed by atoms with E-state index < -0.39 is 0 Å². The minimum atomic E-state index is 0.203. The topological polar surface area (TPSA) is 105 Å². The SMILES string of the molecule is CCOc1ncccc1-c1cc(NCc2ncn(C)n2)c2c(n1)c(C)nn2C1COC1. The van der Waals surface area contributed by atoms with E-state index in [0.29, 0.717) is 38.1 Å². The highest BCUT2D eigenvalue weighted by atomic mass is 16.5. The van der Waals surface area contributed by atoms with E-state index in [1.165, 1.54) is 0 Å². The summed E-state index contributed by atoms with van der Waals surface area (Å²) in [6.07, 6.45) is 3.41. The van der Waals surface area contributed by atoms with Gasteiger partial charge in [-0.1, -0.05) is 0 Å². The number of anilines is 1. The quantitative estimate of drug-likeness (QED) is 0.486. The van der Waals surface area contributed by atoms with Crippen molar-refractivity contribution in [1.82, 2.24) is 34.5 Å². The molecule has 1 aliphatic rings. The number of hydrogen-bond acceptors (Lipinski definition) is 8. The first-order chi connectivity index (χ1) is 15.1. The van der Waals surface area contributed by atoms with Gasteiger partial charge in [-0.25, -0.2) is 15.0 Å². The Hall–Kier alpha value is -3.53. The molecule has 0 amide bonds. The van der Waals surface area contributed by atoms with Gasteiger partial charge in [0.25, 0.3) is 0 Å². The maximum atomic E-state index is 5.74. The Morgan fingerprint density at radius 2 is 2.13 bits per heavy atom. The highest BCUT2D eigenvalue weighted by Gasteiger charge is 2.27. The second-order valence-corrected chi connectivity index (χ2v) is 7.45. The van der Waals surface area contributed by atoms with Crippen LogP contribution in [-0.2, 0) is 18.3 Å². The second kappa shape index (κ2) is 7.95. The van der Waals surface area contributed by atoms with Crippen LogP contribution in [0.4, 0.5) is 5.69 Å². The molecule has 10 heteroatoms. The molecule has 0 aliphatic carbocycles. The van der Waals surface area contributed by atoms with Crippen LogP contribution in [0.25, 0.3) is 22.3 Å². The van der Waals surface area contributed by atoms with Gasteiger partial charge in [-0.2, -0.15) is 10.2 Å². The van der Waals surface area contributed by atoms with Gasteiger partial charge in [0.2, 0.25) is 5.88 Å². The molecule has 0 radical (unpaired) electrons. The number of ether oxygens (including phenoxy) is 2. The number of aromatic nitrogens is 7. The van der Waals surface area contributed by atoms with E-state index in [1.807, 2.05) is 43.8 Å². The van der Waals surface area contributed by atoms with Crippen LogP contribution < -0.4 is 10.1 Å². The van der Waals surface area contributed by atoms with Crippen LogP contribution in [0.5, 0.6) is 5.88 Å². The summed E-state index contributed by atoms with van der Waals surface area (Å²) in [4.78, 5) is 13.7. The molecule has 1 N–H and O–H groups in total. The normalized spacial score (nSPS) is 14.0. The summed E-state index contributed by atoms with van der Waals surface area (Å²) in [7, 11) is 1.85. The van der Waals surface area contributed by atoms with Crippen molar-refractivity contribution in [2.75, 3.05) is 25.1 Å². The molecule has 31 heavy (non-hydrogen) atoms. The molecule has 5 rings (SSSR count). The smallest absolute Gasteiger partial charge is 0.222 e. The first-order valence-electron chi connectivity index (χ1n) is 10.3. The highest BCUT2D eigenvalue weighted by molar-refractivity contribution is 5.93. The fourth-order valence-corrected chi connectivity index (χ4v) is 3.66. The van der Waals surface area contributed by atoms with Crippen LogP contribution in [0, 0.1) is 6.92 Å². The lowest BCUT2D eigenvalue weighted by Crippen LogP contribution is -2.31. The molecule has 0 aromatic carbocycles. The molecule has 1 fully saturated rings. The third-order valence-corrected chi connectivity index (χ3v) is 5.20. The highest BCUT2D eigenvalue weighted by Crippen LogP contribution is 2.35. The third-order valence-electron chi connectivity index (χ3n) is 5.20. The molecule has 0 bridgehead atoms. The van der Waals surface area contributed by atoms with E-state index in [0.717, 1.165) is 33.7 Å². The second-order valence-electron chi connectivity index (χ2n) is 7.45. The van der Waals surface area contributed by atoms with Crippen molar-refractivity contribution in [3.63, 3.8) is 0 Å². The molecular weight excluding hydrogens is 396 g/mol. The molecule has 0 unspecified atom stereocenters. The van der Waals surface area contributed by atoms with Crippen LogP contribution in [0.3, 0.4) is 0 Å². The molecule has 4 aromatic heterocycles. The Balaban J connectivity index is 1.64. The number of fused-ring (bicyclic) bond motifs is 1. The average molecular weight is 420 g/mol. The van der Waals surface area contributed by atoms with Gasteiger partial charge in [0.05, 0.1) is 55.0 Å². The van der Waals surface area contributed by atoms with E-state index in [-0.39, 0.29) is 6.04 Å². The van der Waals surface area contributed by atoms with Crippen molar-refractivity contribution < 1.29 is 9.47 Å². The number of aryl methyl sites for hydroxylation is 2. The number of nitrogens with zero attached hydrogens (tertiary/aromatic N) is 7. The molecular formula is C21H24N8O2. The zero-order chi connectivity index (χ0) is 21.4. The molecule has 160 valence electrons.